The van der Waals surface area contributed by atoms with E-state index in [-0.39, 0.29) is 11.1 Å². The fourth-order valence-electron chi connectivity index (χ4n) is 2.78. The molecule has 1 aliphatic heterocycles. The number of hydrogen-bond acceptors (Lipinski definition) is 5. The van der Waals surface area contributed by atoms with Crippen LogP contribution in [0.2, 0.25) is 0 Å². The summed E-state index contributed by atoms with van der Waals surface area (Å²) in [6.07, 6.45) is 4.44. The number of aryl methyl sites for hydroxylation is 1. The highest BCUT2D eigenvalue weighted by atomic mass is 32.2. The summed E-state index contributed by atoms with van der Waals surface area (Å²) in [7, 11) is -1.75. The van der Waals surface area contributed by atoms with Gasteiger partial charge in [-0.25, -0.2) is 13.4 Å². The number of ether oxygens (including phenoxy) is 2. The fourth-order valence-corrected chi connectivity index (χ4v) is 4.22. The Bertz CT molecular complexity index is 768. The van der Waals surface area contributed by atoms with Gasteiger partial charge in [-0.1, -0.05) is 18.2 Å². The third kappa shape index (κ3) is 4.59. The van der Waals surface area contributed by atoms with Crippen molar-refractivity contribution in [3.05, 3.63) is 42.9 Å². The number of aromatic nitrogens is 2. The molecule has 25 heavy (non-hydrogen) atoms. The number of nitrogens with zero attached hydrogens (tertiary/aromatic N) is 3. The average molecular weight is 365 g/mol. The number of hydrogen-bond donors (Lipinski definition) is 0. The normalized spacial score (nSPS) is 16.8. The van der Waals surface area contributed by atoms with Crippen LogP contribution in [-0.4, -0.2) is 54.7 Å². The zero-order chi connectivity index (χ0) is 17.7. The molecule has 2 heterocycles. The number of piperidine rings is 1. The number of para-hydroxylation sites is 1. The van der Waals surface area contributed by atoms with E-state index in [1.165, 1.54) is 16.8 Å². The van der Waals surface area contributed by atoms with Gasteiger partial charge in [0.2, 0.25) is 0 Å². The van der Waals surface area contributed by atoms with E-state index in [9.17, 15) is 8.42 Å². The summed E-state index contributed by atoms with van der Waals surface area (Å²) >= 11 is 0. The van der Waals surface area contributed by atoms with Crippen molar-refractivity contribution in [2.45, 2.75) is 24.0 Å². The monoisotopic (exact) mass is 365 g/mol. The molecule has 0 bridgehead atoms. The smallest absolute Gasteiger partial charge is 0.262 e. The van der Waals surface area contributed by atoms with E-state index in [1.54, 1.807) is 11.6 Å². The largest absolute Gasteiger partial charge is 0.491 e. The topological polar surface area (TPSA) is 73.7 Å². The second kappa shape index (κ2) is 7.99. The van der Waals surface area contributed by atoms with E-state index >= 15 is 0 Å². The molecule has 3 rings (SSSR count). The van der Waals surface area contributed by atoms with Crippen LogP contribution in [0.5, 0.6) is 5.75 Å². The maximum absolute atomic E-state index is 12.5. The van der Waals surface area contributed by atoms with Gasteiger partial charge in [-0.3, -0.25) is 0 Å². The Morgan fingerprint density at radius 3 is 2.52 bits per heavy atom. The van der Waals surface area contributed by atoms with Crippen LogP contribution in [0, 0.1) is 0 Å². The van der Waals surface area contributed by atoms with Gasteiger partial charge in [0.05, 0.1) is 19.0 Å². The molecule has 7 nitrogen and oxygen atoms in total. The van der Waals surface area contributed by atoms with Crippen molar-refractivity contribution in [1.29, 1.82) is 0 Å². The van der Waals surface area contributed by atoms with Crippen LogP contribution in [0.25, 0.3) is 0 Å². The maximum atomic E-state index is 12.5. The molecular formula is C17H23N3O4S. The van der Waals surface area contributed by atoms with Crippen LogP contribution in [0.1, 0.15) is 12.8 Å². The lowest BCUT2D eigenvalue weighted by atomic mass is 10.1. The first kappa shape index (κ1) is 17.9. The van der Waals surface area contributed by atoms with Crippen LogP contribution < -0.4 is 4.74 Å². The second-order valence-electron chi connectivity index (χ2n) is 6.01. The molecule has 0 N–H and O–H groups in total. The molecule has 8 heteroatoms. The molecule has 0 aliphatic carbocycles. The van der Waals surface area contributed by atoms with E-state index in [1.807, 2.05) is 30.3 Å². The van der Waals surface area contributed by atoms with Crippen molar-refractivity contribution in [3.63, 3.8) is 0 Å². The number of imidazole rings is 1. The Balaban J connectivity index is 1.41. The fraction of sp³-hybridized carbons (Fsp3) is 0.471. The highest BCUT2D eigenvalue weighted by Crippen LogP contribution is 2.21. The van der Waals surface area contributed by atoms with Gasteiger partial charge in [0.1, 0.15) is 12.4 Å². The Kier molecular flexibility index (Phi) is 5.72. The predicted octanol–water partition coefficient (Wildman–Crippen LogP) is 1.67. The van der Waals surface area contributed by atoms with Gasteiger partial charge in [-0.15, -0.1) is 0 Å². The van der Waals surface area contributed by atoms with Gasteiger partial charge in [-0.2, -0.15) is 4.31 Å². The van der Waals surface area contributed by atoms with Crippen molar-refractivity contribution in [3.8, 4) is 5.75 Å². The van der Waals surface area contributed by atoms with Gasteiger partial charge in [0.15, 0.2) is 5.03 Å². The maximum Gasteiger partial charge on any atom is 0.262 e. The minimum atomic E-state index is -3.50. The summed E-state index contributed by atoms with van der Waals surface area (Å²) in [5.74, 6) is 0.822. The molecule has 0 spiro atoms. The Morgan fingerprint density at radius 2 is 1.88 bits per heavy atom. The lowest BCUT2D eigenvalue weighted by molar-refractivity contribution is 0.00698. The van der Waals surface area contributed by atoms with E-state index < -0.39 is 10.0 Å². The Hall–Kier alpha value is -1.90. The highest BCUT2D eigenvalue weighted by molar-refractivity contribution is 7.89. The average Bonchev–Trinajstić information content (AvgIpc) is 3.07. The van der Waals surface area contributed by atoms with Crippen molar-refractivity contribution in [2.24, 2.45) is 7.05 Å². The molecule has 1 aromatic carbocycles. The van der Waals surface area contributed by atoms with Gasteiger partial charge >= 0.3 is 0 Å². The lowest BCUT2D eigenvalue weighted by Gasteiger charge is -2.30. The van der Waals surface area contributed by atoms with Crippen LogP contribution >= 0.6 is 0 Å². The first-order valence-electron chi connectivity index (χ1n) is 8.33. The highest BCUT2D eigenvalue weighted by Gasteiger charge is 2.31. The third-order valence-electron chi connectivity index (χ3n) is 4.14. The molecule has 0 amide bonds. The molecule has 2 aromatic rings. The van der Waals surface area contributed by atoms with Gasteiger partial charge in [0, 0.05) is 26.3 Å². The molecule has 1 aliphatic rings. The van der Waals surface area contributed by atoms with Crippen molar-refractivity contribution in [1.82, 2.24) is 13.9 Å². The minimum absolute atomic E-state index is 0.0644. The Morgan fingerprint density at radius 1 is 1.16 bits per heavy atom. The predicted molar refractivity (Wildman–Crippen MR) is 92.9 cm³/mol. The molecule has 0 atom stereocenters. The van der Waals surface area contributed by atoms with Crippen molar-refractivity contribution < 1.29 is 17.9 Å². The van der Waals surface area contributed by atoms with Crippen LogP contribution in [0.15, 0.2) is 47.9 Å². The van der Waals surface area contributed by atoms with Gasteiger partial charge < -0.3 is 14.0 Å². The molecule has 0 saturated carbocycles. The third-order valence-corrected chi connectivity index (χ3v) is 5.92. The number of rotatable bonds is 7. The summed E-state index contributed by atoms with van der Waals surface area (Å²) in [5, 5.41) is 0.102. The van der Waals surface area contributed by atoms with E-state index in [4.69, 9.17) is 9.47 Å². The minimum Gasteiger partial charge on any atom is -0.491 e. The SMILES string of the molecule is Cn1cnc(S(=O)(=O)N2CCC(OCCOc3ccccc3)CC2)c1. The standard InChI is InChI=1S/C17H23N3O4S/c1-19-13-17(18-14-19)25(21,22)20-9-7-16(8-10-20)24-12-11-23-15-5-3-2-4-6-15/h2-6,13-14,16H,7-12H2,1H3. The van der Waals surface area contributed by atoms with Crippen LogP contribution in [0.4, 0.5) is 0 Å². The van der Waals surface area contributed by atoms with Gasteiger partial charge in [0.25, 0.3) is 10.0 Å². The van der Waals surface area contributed by atoms with Gasteiger partial charge in [-0.05, 0) is 25.0 Å². The Labute approximate surface area is 148 Å². The zero-order valence-corrected chi connectivity index (χ0v) is 15.1. The molecule has 0 unspecified atom stereocenters. The van der Waals surface area contributed by atoms with Crippen molar-refractivity contribution in [2.75, 3.05) is 26.3 Å². The number of sulfonamides is 1. The summed E-state index contributed by atoms with van der Waals surface area (Å²) in [4.78, 5) is 3.96. The van der Waals surface area contributed by atoms with E-state index in [0.717, 1.165) is 5.75 Å². The van der Waals surface area contributed by atoms with Crippen molar-refractivity contribution >= 4 is 10.0 Å². The van der Waals surface area contributed by atoms with E-state index in [2.05, 4.69) is 4.98 Å². The summed E-state index contributed by atoms with van der Waals surface area (Å²) < 4.78 is 39.5. The first-order valence-corrected chi connectivity index (χ1v) is 9.77. The summed E-state index contributed by atoms with van der Waals surface area (Å²) in [6.45, 7) is 1.87. The van der Waals surface area contributed by atoms with Crippen LogP contribution in [-0.2, 0) is 21.8 Å². The number of benzene rings is 1. The summed E-state index contributed by atoms with van der Waals surface area (Å²) in [6, 6.07) is 9.60. The molecule has 1 aromatic heterocycles. The quantitative estimate of drug-likeness (QED) is 0.698. The second-order valence-corrected chi connectivity index (χ2v) is 7.90. The molecule has 0 radical (unpaired) electrons. The molecule has 136 valence electrons. The van der Waals surface area contributed by atoms with E-state index in [0.29, 0.717) is 39.1 Å². The zero-order valence-electron chi connectivity index (χ0n) is 14.2. The lowest BCUT2D eigenvalue weighted by Crippen LogP contribution is -2.41. The first-order chi connectivity index (χ1) is 12.1. The molecule has 1 saturated heterocycles. The van der Waals surface area contributed by atoms with Crippen LogP contribution in [0.3, 0.4) is 0 Å². The molecular weight excluding hydrogens is 342 g/mol. The molecule has 1 fully saturated rings. The summed E-state index contributed by atoms with van der Waals surface area (Å²) in [5.41, 5.74) is 0.